The molecule has 3 nitrogen and oxygen atoms in total. The van der Waals surface area contributed by atoms with Crippen molar-refractivity contribution < 1.29 is 8.78 Å². The van der Waals surface area contributed by atoms with Crippen LogP contribution in [0.5, 0.6) is 0 Å². The average Bonchev–Trinajstić information content (AvgIpc) is 2.81. The number of nitrogens with zero attached hydrogens (tertiary/aromatic N) is 1. The van der Waals surface area contributed by atoms with Crippen molar-refractivity contribution in [3.63, 3.8) is 0 Å². The van der Waals surface area contributed by atoms with Crippen LogP contribution in [-0.4, -0.2) is 16.2 Å². The van der Waals surface area contributed by atoms with E-state index in [0.717, 1.165) is 0 Å². The van der Waals surface area contributed by atoms with E-state index in [1.54, 1.807) is 18.3 Å². The molecule has 2 aromatic rings. The van der Waals surface area contributed by atoms with Crippen LogP contribution in [0.25, 0.3) is 11.1 Å². The number of aromatic nitrogens is 2. The number of alkyl halides is 2. The third-order valence-corrected chi connectivity index (χ3v) is 2.55. The molecule has 0 aliphatic rings. The Morgan fingerprint density at radius 2 is 2.06 bits per heavy atom. The van der Waals surface area contributed by atoms with Crippen LogP contribution in [0, 0.1) is 0 Å². The molecule has 0 spiro atoms. The van der Waals surface area contributed by atoms with Crippen molar-refractivity contribution in [1.29, 1.82) is 0 Å². The van der Waals surface area contributed by atoms with Crippen LogP contribution in [0.2, 0.25) is 0 Å². The summed E-state index contributed by atoms with van der Waals surface area (Å²) in [5.74, 6) is 0. The van der Waals surface area contributed by atoms with Gasteiger partial charge >= 0.3 is 0 Å². The molecule has 2 N–H and O–H groups in total. The van der Waals surface area contributed by atoms with Gasteiger partial charge in [-0.05, 0) is 31.5 Å². The fourth-order valence-corrected chi connectivity index (χ4v) is 1.83. The zero-order valence-electron chi connectivity index (χ0n) is 10.2. The minimum absolute atomic E-state index is 0.0158. The smallest absolute Gasteiger partial charge is 0.264 e. The Morgan fingerprint density at radius 1 is 1.28 bits per heavy atom. The van der Waals surface area contributed by atoms with E-state index in [1.165, 1.54) is 12.3 Å². The van der Waals surface area contributed by atoms with Crippen molar-refractivity contribution in [1.82, 2.24) is 10.2 Å². The number of hydrogen-bond acceptors (Lipinski definition) is 2. The molecule has 18 heavy (non-hydrogen) atoms. The lowest BCUT2D eigenvalue weighted by molar-refractivity contribution is 0.152. The molecule has 0 aliphatic carbocycles. The first-order chi connectivity index (χ1) is 8.58. The molecule has 0 saturated carbocycles. The van der Waals surface area contributed by atoms with Gasteiger partial charge in [0.2, 0.25) is 0 Å². The number of H-pyrrole nitrogens is 1. The number of aromatic amines is 1. The number of halogens is 2. The molecule has 0 amide bonds. The number of anilines is 1. The first-order valence-corrected chi connectivity index (χ1v) is 5.75. The third kappa shape index (κ3) is 2.67. The number of hydrogen-bond donors (Lipinski definition) is 2. The van der Waals surface area contributed by atoms with E-state index in [2.05, 4.69) is 15.5 Å². The summed E-state index contributed by atoms with van der Waals surface area (Å²) < 4.78 is 26.2. The van der Waals surface area contributed by atoms with Crippen LogP contribution in [0.1, 0.15) is 25.8 Å². The maximum atomic E-state index is 13.1. The van der Waals surface area contributed by atoms with Crippen molar-refractivity contribution in [3.8, 4) is 11.1 Å². The van der Waals surface area contributed by atoms with E-state index in [1.807, 2.05) is 13.8 Å². The van der Waals surface area contributed by atoms with Gasteiger partial charge in [0.25, 0.3) is 6.43 Å². The van der Waals surface area contributed by atoms with Crippen LogP contribution in [0.4, 0.5) is 14.5 Å². The summed E-state index contributed by atoms with van der Waals surface area (Å²) in [6.07, 6.45) is 0.636. The fraction of sp³-hybridized carbons (Fsp3) is 0.308. The first-order valence-electron chi connectivity index (χ1n) is 5.75. The van der Waals surface area contributed by atoms with Gasteiger partial charge in [0.1, 0.15) is 0 Å². The summed E-state index contributed by atoms with van der Waals surface area (Å²) in [4.78, 5) is 0. The Kier molecular flexibility index (Phi) is 3.60. The predicted molar refractivity (Wildman–Crippen MR) is 67.7 cm³/mol. The van der Waals surface area contributed by atoms with Gasteiger partial charge in [0.05, 0.1) is 6.20 Å². The van der Waals surface area contributed by atoms with Crippen molar-refractivity contribution >= 4 is 5.69 Å². The lowest BCUT2D eigenvalue weighted by Gasteiger charge is -2.13. The molecule has 0 bridgehead atoms. The highest BCUT2D eigenvalue weighted by atomic mass is 19.3. The Balaban J connectivity index is 2.42. The van der Waals surface area contributed by atoms with Crippen molar-refractivity contribution in [2.75, 3.05) is 5.32 Å². The minimum Gasteiger partial charge on any atom is -0.383 e. The average molecular weight is 251 g/mol. The SMILES string of the molecule is CC(C)Nc1ccc(-c2cn[nH]c2)c(C(F)F)c1. The van der Waals surface area contributed by atoms with Crippen LogP contribution in [0.3, 0.4) is 0 Å². The monoisotopic (exact) mass is 251 g/mol. The number of rotatable bonds is 4. The molecule has 1 aromatic heterocycles. The molecule has 0 fully saturated rings. The quantitative estimate of drug-likeness (QED) is 0.866. The van der Waals surface area contributed by atoms with Gasteiger partial charge in [-0.15, -0.1) is 0 Å². The van der Waals surface area contributed by atoms with Gasteiger partial charge in [0.15, 0.2) is 0 Å². The summed E-state index contributed by atoms with van der Waals surface area (Å²) in [5.41, 5.74) is 1.89. The molecule has 1 heterocycles. The Morgan fingerprint density at radius 3 is 2.61 bits per heavy atom. The number of benzene rings is 1. The van der Waals surface area contributed by atoms with Gasteiger partial charge in [-0.3, -0.25) is 5.10 Å². The second-order valence-corrected chi connectivity index (χ2v) is 4.39. The predicted octanol–water partition coefficient (Wildman–Crippen LogP) is 3.83. The molecular weight excluding hydrogens is 236 g/mol. The van der Waals surface area contributed by atoms with E-state index in [4.69, 9.17) is 0 Å². The van der Waals surface area contributed by atoms with E-state index >= 15 is 0 Å². The summed E-state index contributed by atoms with van der Waals surface area (Å²) >= 11 is 0. The molecule has 0 saturated heterocycles. The summed E-state index contributed by atoms with van der Waals surface area (Å²) in [6.45, 7) is 3.93. The van der Waals surface area contributed by atoms with Crippen molar-refractivity contribution in [2.24, 2.45) is 0 Å². The van der Waals surface area contributed by atoms with Gasteiger partial charge < -0.3 is 5.32 Å². The van der Waals surface area contributed by atoms with Crippen LogP contribution >= 0.6 is 0 Å². The van der Waals surface area contributed by atoms with E-state index in [0.29, 0.717) is 16.8 Å². The second-order valence-electron chi connectivity index (χ2n) is 4.39. The molecule has 2 rings (SSSR count). The lowest BCUT2D eigenvalue weighted by Crippen LogP contribution is -2.09. The van der Waals surface area contributed by atoms with Gasteiger partial charge in [0, 0.05) is 29.1 Å². The van der Waals surface area contributed by atoms with Crippen molar-refractivity contribution in [2.45, 2.75) is 26.3 Å². The Bertz CT molecular complexity index is 507. The zero-order valence-corrected chi connectivity index (χ0v) is 10.2. The molecule has 5 heteroatoms. The summed E-state index contributed by atoms with van der Waals surface area (Å²) in [5, 5.41) is 9.53. The van der Waals surface area contributed by atoms with E-state index in [-0.39, 0.29) is 11.6 Å². The highest BCUT2D eigenvalue weighted by Crippen LogP contribution is 2.32. The van der Waals surface area contributed by atoms with E-state index < -0.39 is 6.43 Å². The maximum Gasteiger partial charge on any atom is 0.264 e. The van der Waals surface area contributed by atoms with Crippen LogP contribution in [-0.2, 0) is 0 Å². The van der Waals surface area contributed by atoms with Gasteiger partial charge in [-0.1, -0.05) is 6.07 Å². The fourth-order valence-electron chi connectivity index (χ4n) is 1.83. The van der Waals surface area contributed by atoms with E-state index in [9.17, 15) is 8.78 Å². The Hall–Kier alpha value is -1.91. The highest BCUT2D eigenvalue weighted by Gasteiger charge is 2.15. The zero-order chi connectivity index (χ0) is 13.1. The van der Waals surface area contributed by atoms with Gasteiger partial charge in [-0.25, -0.2) is 8.78 Å². The van der Waals surface area contributed by atoms with Crippen LogP contribution < -0.4 is 5.32 Å². The standard InChI is InChI=1S/C13H15F2N3/c1-8(2)18-10-3-4-11(9-6-16-17-7-9)12(5-10)13(14)15/h3-8,13,18H,1-2H3,(H,16,17). The highest BCUT2D eigenvalue weighted by molar-refractivity contribution is 5.69. The topological polar surface area (TPSA) is 40.7 Å². The summed E-state index contributed by atoms with van der Waals surface area (Å²) in [6, 6.07) is 5.19. The molecule has 96 valence electrons. The number of nitrogens with one attached hydrogen (secondary N) is 2. The largest absolute Gasteiger partial charge is 0.383 e. The molecular formula is C13H15F2N3. The summed E-state index contributed by atoms with van der Waals surface area (Å²) in [7, 11) is 0. The second kappa shape index (κ2) is 5.16. The van der Waals surface area contributed by atoms with Gasteiger partial charge in [-0.2, -0.15) is 5.10 Å². The first kappa shape index (κ1) is 12.5. The molecule has 0 unspecified atom stereocenters. The molecule has 1 aromatic carbocycles. The van der Waals surface area contributed by atoms with Crippen molar-refractivity contribution in [3.05, 3.63) is 36.2 Å². The normalized spacial score (nSPS) is 11.2. The lowest BCUT2D eigenvalue weighted by atomic mass is 10.0. The molecule has 0 atom stereocenters. The van der Waals surface area contributed by atoms with Crippen LogP contribution in [0.15, 0.2) is 30.6 Å². The molecule has 0 radical (unpaired) electrons. The maximum absolute atomic E-state index is 13.1. The Labute approximate surface area is 104 Å². The third-order valence-electron chi connectivity index (χ3n) is 2.55. The molecule has 0 aliphatic heterocycles. The minimum atomic E-state index is -2.51.